The smallest absolute Gasteiger partial charge is 0.264 e. The molecule has 2 aromatic carbocycles. The number of nitrogens with one attached hydrogen (secondary N) is 1. The summed E-state index contributed by atoms with van der Waals surface area (Å²) >= 11 is 8.42. The first-order valence-corrected chi connectivity index (χ1v) is 7.72. The summed E-state index contributed by atoms with van der Waals surface area (Å²) in [6.07, 6.45) is 0. The lowest BCUT2D eigenvalue weighted by atomic mass is 10.2. The van der Waals surface area contributed by atoms with E-state index < -0.39 is 0 Å². The minimum Gasteiger partial charge on any atom is -0.432 e. The van der Waals surface area contributed by atoms with Crippen molar-refractivity contribution in [3.8, 4) is 5.75 Å². The molecule has 1 N–H and O–H groups in total. The molecule has 0 fully saturated rings. The van der Waals surface area contributed by atoms with Crippen LogP contribution in [0.1, 0.15) is 10.4 Å². The van der Waals surface area contributed by atoms with Crippen LogP contribution in [0.3, 0.4) is 0 Å². The first-order valence-electron chi connectivity index (χ1n) is 6.52. The zero-order valence-corrected chi connectivity index (χ0v) is 14.6. The third kappa shape index (κ3) is 4.54. The zero-order chi connectivity index (χ0) is 16.1. The number of halogens is 1. The van der Waals surface area contributed by atoms with E-state index in [2.05, 4.69) is 21.2 Å². The largest absolute Gasteiger partial charge is 0.432 e. The van der Waals surface area contributed by atoms with Gasteiger partial charge in [0, 0.05) is 29.8 Å². The predicted octanol–water partition coefficient (Wildman–Crippen LogP) is 3.93. The van der Waals surface area contributed by atoms with Crippen LogP contribution in [0.4, 0.5) is 5.69 Å². The summed E-state index contributed by atoms with van der Waals surface area (Å²) in [6, 6.07) is 14.2. The van der Waals surface area contributed by atoms with E-state index in [4.69, 9.17) is 17.0 Å². The third-order valence-corrected chi connectivity index (χ3v) is 3.77. The van der Waals surface area contributed by atoms with Crippen LogP contribution in [0.15, 0.2) is 53.0 Å². The topological polar surface area (TPSA) is 41.6 Å². The highest BCUT2D eigenvalue weighted by Crippen LogP contribution is 2.17. The molecular weight excluding hydrogens is 364 g/mol. The van der Waals surface area contributed by atoms with Gasteiger partial charge in [-0.05, 0) is 60.7 Å². The maximum absolute atomic E-state index is 12.1. The maximum atomic E-state index is 12.1. The van der Waals surface area contributed by atoms with Gasteiger partial charge in [0.15, 0.2) is 0 Å². The standard InChI is InChI=1S/C16H15BrN2O2S/c1-19(2)16(22)21-14-9-3-11(4-10-14)15(20)18-13-7-5-12(17)6-8-13/h3-10H,1-2H3,(H,18,20). The number of hydrogen-bond donors (Lipinski definition) is 1. The molecule has 0 aromatic heterocycles. The van der Waals surface area contributed by atoms with Crippen molar-refractivity contribution in [1.29, 1.82) is 0 Å². The van der Waals surface area contributed by atoms with Gasteiger partial charge < -0.3 is 15.0 Å². The molecule has 0 heterocycles. The van der Waals surface area contributed by atoms with Gasteiger partial charge in [-0.15, -0.1) is 0 Å². The monoisotopic (exact) mass is 378 g/mol. The second-order valence-corrected chi connectivity index (χ2v) is 6.01. The average molecular weight is 379 g/mol. The number of anilines is 1. The van der Waals surface area contributed by atoms with Crippen LogP contribution in [-0.2, 0) is 0 Å². The van der Waals surface area contributed by atoms with Crippen LogP contribution in [0.2, 0.25) is 0 Å². The number of thiocarbonyl (C=S) groups is 1. The number of amides is 1. The molecule has 0 saturated heterocycles. The van der Waals surface area contributed by atoms with Crippen molar-refractivity contribution >= 4 is 44.9 Å². The molecule has 0 unspecified atom stereocenters. The molecule has 4 nitrogen and oxygen atoms in total. The molecule has 2 rings (SSSR count). The summed E-state index contributed by atoms with van der Waals surface area (Å²) in [4.78, 5) is 13.8. The fourth-order valence-electron chi connectivity index (χ4n) is 1.60. The van der Waals surface area contributed by atoms with Crippen molar-refractivity contribution in [2.24, 2.45) is 0 Å². The first-order chi connectivity index (χ1) is 10.5. The molecule has 22 heavy (non-hydrogen) atoms. The second-order valence-electron chi connectivity index (χ2n) is 4.75. The van der Waals surface area contributed by atoms with Crippen molar-refractivity contribution in [1.82, 2.24) is 4.90 Å². The highest BCUT2D eigenvalue weighted by Gasteiger charge is 2.07. The molecule has 6 heteroatoms. The highest BCUT2D eigenvalue weighted by molar-refractivity contribution is 9.10. The molecule has 0 radical (unpaired) electrons. The zero-order valence-electron chi connectivity index (χ0n) is 12.2. The Morgan fingerprint density at radius 1 is 1.09 bits per heavy atom. The lowest BCUT2D eigenvalue weighted by molar-refractivity contribution is 0.102. The SMILES string of the molecule is CN(C)C(=S)Oc1ccc(C(=O)Nc2ccc(Br)cc2)cc1. The minimum atomic E-state index is -0.177. The maximum Gasteiger partial charge on any atom is 0.264 e. The van der Waals surface area contributed by atoms with Crippen molar-refractivity contribution in [3.05, 3.63) is 58.6 Å². The van der Waals surface area contributed by atoms with Crippen LogP contribution in [0.5, 0.6) is 5.75 Å². The van der Waals surface area contributed by atoms with E-state index in [-0.39, 0.29) is 5.91 Å². The van der Waals surface area contributed by atoms with Gasteiger partial charge in [-0.3, -0.25) is 4.79 Å². The average Bonchev–Trinajstić information content (AvgIpc) is 2.50. The Balaban J connectivity index is 2.02. The van der Waals surface area contributed by atoms with Crippen LogP contribution in [0, 0.1) is 0 Å². The lowest BCUT2D eigenvalue weighted by Crippen LogP contribution is -2.25. The molecular formula is C16H15BrN2O2S. The van der Waals surface area contributed by atoms with Crippen LogP contribution in [-0.4, -0.2) is 30.1 Å². The fraction of sp³-hybridized carbons (Fsp3) is 0.125. The van der Waals surface area contributed by atoms with Crippen molar-refractivity contribution in [2.75, 3.05) is 19.4 Å². The second kappa shape index (κ2) is 7.38. The van der Waals surface area contributed by atoms with E-state index in [1.807, 2.05) is 38.4 Å². The number of rotatable bonds is 3. The Morgan fingerprint density at radius 3 is 2.23 bits per heavy atom. The summed E-state index contributed by atoms with van der Waals surface area (Å²) in [5.41, 5.74) is 1.29. The Labute approximate surface area is 143 Å². The van der Waals surface area contributed by atoms with E-state index in [0.29, 0.717) is 16.5 Å². The first kappa shape index (κ1) is 16.5. The fourth-order valence-corrected chi connectivity index (χ4v) is 1.96. The predicted molar refractivity (Wildman–Crippen MR) is 95.5 cm³/mol. The summed E-state index contributed by atoms with van der Waals surface area (Å²) in [5.74, 6) is 0.419. The van der Waals surface area contributed by atoms with Crippen LogP contribution < -0.4 is 10.1 Å². The molecule has 0 saturated carbocycles. The van der Waals surface area contributed by atoms with Crippen molar-refractivity contribution < 1.29 is 9.53 Å². The molecule has 0 aliphatic heterocycles. The number of carbonyl (C=O) groups excluding carboxylic acids is 1. The molecule has 0 aliphatic carbocycles. The Morgan fingerprint density at radius 2 is 1.68 bits per heavy atom. The summed E-state index contributed by atoms with van der Waals surface area (Å²) in [5, 5.41) is 3.20. The van der Waals surface area contributed by atoms with E-state index in [9.17, 15) is 4.79 Å². The van der Waals surface area contributed by atoms with Gasteiger partial charge in [-0.25, -0.2) is 0 Å². The van der Waals surface area contributed by atoms with Gasteiger partial charge in [0.25, 0.3) is 11.1 Å². The lowest BCUT2D eigenvalue weighted by Gasteiger charge is -2.14. The van der Waals surface area contributed by atoms with Crippen LogP contribution in [0.25, 0.3) is 0 Å². The number of carbonyl (C=O) groups is 1. The highest BCUT2D eigenvalue weighted by atomic mass is 79.9. The molecule has 114 valence electrons. The number of benzene rings is 2. The minimum absolute atomic E-state index is 0.177. The Kier molecular flexibility index (Phi) is 5.51. The Hall–Kier alpha value is -1.92. The van der Waals surface area contributed by atoms with Crippen molar-refractivity contribution in [2.45, 2.75) is 0 Å². The van der Waals surface area contributed by atoms with E-state index in [1.165, 1.54) is 0 Å². The number of hydrogen-bond acceptors (Lipinski definition) is 3. The van der Waals surface area contributed by atoms with Gasteiger partial charge >= 0.3 is 0 Å². The van der Waals surface area contributed by atoms with E-state index in [1.54, 1.807) is 29.2 Å². The molecule has 1 amide bonds. The number of ether oxygens (including phenoxy) is 1. The quantitative estimate of drug-likeness (QED) is 0.821. The van der Waals surface area contributed by atoms with Gasteiger partial charge in [-0.2, -0.15) is 0 Å². The molecule has 0 spiro atoms. The summed E-state index contributed by atoms with van der Waals surface area (Å²) in [7, 11) is 3.62. The van der Waals surface area contributed by atoms with Crippen molar-refractivity contribution in [3.63, 3.8) is 0 Å². The van der Waals surface area contributed by atoms with Gasteiger partial charge in [0.1, 0.15) is 5.75 Å². The van der Waals surface area contributed by atoms with E-state index >= 15 is 0 Å². The molecule has 0 bridgehead atoms. The van der Waals surface area contributed by atoms with Gasteiger partial charge in [-0.1, -0.05) is 15.9 Å². The third-order valence-electron chi connectivity index (χ3n) is 2.79. The Bertz CT molecular complexity index is 670. The molecule has 0 atom stereocenters. The molecule has 0 aliphatic rings. The van der Waals surface area contributed by atoms with Gasteiger partial charge in [0.05, 0.1) is 0 Å². The van der Waals surface area contributed by atoms with Gasteiger partial charge in [0.2, 0.25) is 0 Å². The number of nitrogens with zero attached hydrogens (tertiary/aromatic N) is 1. The summed E-state index contributed by atoms with van der Waals surface area (Å²) in [6.45, 7) is 0. The van der Waals surface area contributed by atoms with E-state index in [0.717, 1.165) is 10.2 Å². The normalized spacial score (nSPS) is 9.95. The molecule has 2 aromatic rings. The summed E-state index contributed by atoms with van der Waals surface area (Å²) < 4.78 is 6.42. The van der Waals surface area contributed by atoms with Crippen LogP contribution >= 0.6 is 28.1 Å².